The van der Waals surface area contributed by atoms with E-state index in [1.54, 1.807) is 0 Å². The van der Waals surface area contributed by atoms with Crippen molar-refractivity contribution in [2.45, 2.75) is 37.2 Å². The minimum absolute atomic E-state index is 0.361. The summed E-state index contributed by atoms with van der Waals surface area (Å²) in [4.78, 5) is 1.36. The van der Waals surface area contributed by atoms with Crippen LogP contribution in [-0.4, -0.2) is 47.6 Å². The highest BCUT2D eigenvalue weighted by atomic mass is 32.2. The highest BCUT2D eigenvalue weighted by molar-refractivity contribution is 7.89. The molecule has 5 nitrogen and oxygen atoms in total. The Bertz CT molecular complexity index is 640. The second-order valence-corrected chi connectivity index (χ2v) is 10.1. The van der Waals surface area contributed by atoms with E-state index in [0.29, 0.717) is 42.1 Å². The van der Waals surface area contributed by atoms with Crippen molar-refractivity contribution in [2.24, 2.45) is 0 Å². The van der Waals surface area contributed by atoms with Gasteiger partial charge in [-0.25, -0.2) is 8.42 Å². The third-order valence-electron chi connectivity index (χ3n) is 3.85. The lowest BCUT2D eigenvalue weighted by atomic mass is 10.3. The molecule has 118 valence electrons. The molecule has 1 aliphatic carbocycles. The van der Waals surface area contributed by atoms with Crippen molar-refractivity contribution in [1.82, 2.24) is 9.62 Å². The van der Waals surface area contributed by atoms with Gasteiger partial charge in [-0.05, 0) is 30.7 Å². The molecule has 2 aliphatic rings. The molecule has 0 atom stereocenters. The maximum absolute atomic E-state index is 12.9. The summed E-state index contributed by atoms with van der Waals surface area (Å²) in [6.45, 7) is 3.20. The average Bonchev–Trinajstić information content (AvgIpc) is 3.19. The first kappa shape index (κ1) is 15.6. The van der Waals surface area contributed by atoms with Gasteiger partial charge in [0, 0.05) is 52.9 Å². The van der Waals surface area contributed by atoms with Gasteiger partial charge in [0.2, 0.25) is 10.0 Å². The smallest absolute Gasteiger partial charge is 0.244 e. The Balaban J connectivity index is 1.83. The summed E-state index contributed by atoms with van der Waals surface area (Å²) < 4.78 is 38.6. The van der Waals surface area contributed by atoms with Gasteiger partial charge in [0.05, 0.1) is 0 Å². The van der Waals surface area contributed by atoms with Gasteiger partial charge in [0.1, 0.15) is 4.90 Å². The van der Waals surface area contributed by atoms with Gasteiger partial charge < -0.3 is 5.32 Å². The molecule has 2 fully saturated rings. The van der Waals surface area contributed by atoms with Gasteiger partial charge in [-0.1, -0.05) is 0 Å². The average molecular weight is 349 g/mol. The first-order chi connectivity index (χ1) is 9.98. The van der Waals surface area contributed by atoms with Crippen LogP contribution >= 0.6 is 11.3 Å². The van der Waals surface area contributed by atoms with Crippen molar-refractivity contribution in [3.63, 3.8) is 0 Å². The molecule has 1 aliphatic heterocycles. The summed E-state index contributed by atoms with van der Waals surface area (Å²) in [5.41, 5.74) is 0.819. The molecule has 1 saturated heterocycles. The summed E-state index contributed by atoms with van der Waals surface area (Å²) in [5, 5.41) is 5.30. The SMILES string of the molecule is Cc1csc(CNC2CC2)c1S(=O)(=O)N1CCS(=O)CC1. The van der Waals surface area contributed by atoms with Crippen molar-refractivity contribution in [1.29, 1.82) is 0 Å². The highest BCUT2D eigenvalue weighted by Gasteiger charge is 2.32. The van der Waals surface area contributed by atoms with Gasteiger partial charge in [-0.3, -0.25) is 4.21 Å². The molecule has 2 heterocycles. The number of hydrogen-bond donors (Lipinski definition) is 1. The van der Waals surface area contributed by atoms with Crippen LogP contribution in [0.5, 0.6) is 0 Å². The predicted molar refractivity (Wildman–Crippen MR) is 85.6 cm³/mol. The number of nitrogens with zero attached hydrogens (tertiary/aromatic N) is 1. The quantitative estimate of drug-likeness (QED) is 0.864. The summed E-state index contributed by atoms with van der Waals surface area (Å²) in [6.07, 6.45) is 2.37. The molecule has 0 bridgehead atoms. The van der Waals surface area contributed by atoms with Gasteiger partial charge in [0.25, 0.3) is 0 Å². The van der Waals surface area contributed by atoms with Crippen LogP contribution in [0, 0.1) is 6.92 Å². The number of hydrogen-bond acceptors (Lipinski definition) is 5. The van der Waals surface area contributed by atoms with Crippen molar-refractivity contribution in [2.75, 3.05) is 24.6 Å². The molecule has 1 N–H and O–H groups in total. The van der Waals surface area contributed by atoms with Crippen LogP contribution in [0.15, 0.2) is 10.3 Å². The Labute approximate surface area is 132 Å². The number of rotatable bonds is 5. The van der Waals surface area contributed by atoms with Crippen molar-refractivity contribution in [3.05, 3.63) is 15.8 Å². The van der Waals surface area contributed by atoms with Crippen LogP contribution in [-0.2, 0) is 27.4 Å². The Morgan fingerprint density at radius 3 is 2.67 bits per heavy atom. The van der Waals surface area contributed by atoms with E-state index in [1.165, 1.54) is 28.5 Å². The van der Waals surface area contributed by atoms with Crippen molar-refractivity contribution >= 4 is 32.2 Å². The monoisotopic (exact) mass is 348 g/mol. The first-order valence-electron chi connectivity index (χ1n) is 7.14. The second kappa shape index (κ2) is 6.08. The van der Waals surface area contributed by atoms with Crippen LogP contribution in [0.25, 0.3) is 0 Å². The van der Waals surface area contributed by atoms with Gasteiger partial charge in [-0.15, -0.1) is 11.3 Å². The third-order valence-corrected chi connectivity index (χ3v) is 8.49. The molecule has 0 spiro atoms. The van der Waals surface area contributed by atoms with E-state index < -0.39 is 20.8 Å². The predicted octanol–water partition coefficient (Wildman–Crippen LogP) is 1.06. The Kier molecular flexibility index (Phi) is 4.52. The lowest BCUT2D eigenvalue weighted by Crippen LogP contribution is -2.42. The third kappa shape index (κ3) is 3.39. The zero-order valence-corrected chi connectivity index (χ0v) is 14.5. The maximum Gasteiger partial charge on any atom is 0.244 e. The minimum Gasteiger partial charge on any atom is -0.309 e. The number of sulfonamides is 1. The summed E-state index contributed by atoms with van der Waals surface area (Å²) in [7, 11) is -4.33. The summed E-state index contributed by atoms with van der Waals surface area (Å²) >= 11 is 1.51. The minimum atomic E-state index is -3.46. The first-order valence-corrected chi connectivity index (χ1v) is 10.9. The van der Waals surface area contributed by atoms with Gasteiger partial charge in [-0.2, -0.15) is 4.31 Å². The lowest BCUT2D eigenvalue weighted by molar-refractivity contribution is 0.438. The number of aryl methyl sites for hydroxylation is 1. The molecule has 0 unspecified atom stereocenters. The number of nitrogens with one attached hydrogen (secondary N) is 1. The van der Waals surface area contributed by atoms with E-state index in [4.69, 9.17) is 0 Å². The van der Waals surface area contributed by atoms with E-state index in [1.807, 2.05) is 12.3 Å². The van der Waals surface area contributed by atoms with Crippen LogP contribution < -0.4 is 5.32 Å². The molecular formula is C13H20N2O3S3. The van der Waals surface area contributed by atoms with E-state index in [0.717, 1.165) is 10.4 Å². The molecule has 1 saturated carbocycles. The molecule has 1 aromatic heterocycles. The number of thiophene rings is 1. The normalized spacial score (nSPS) is 21.8. The zero-order valence-electron chi connectivity index (χ0n) is 12.0. The van der Waals surface area contributed by atoms with Crippen LogP contribution in [0.2, 0.25) is 0 Å². The van der Waals surface area contributed by atoms with Gasteiger partial charge >= 0.3 is 0 Å². The fourth-order valence-electron chi connectivity index (χ4n) is 2.47. The second-order valence-electron chi connectivity index (χ2n) is 5.58. The molecule has 3 rings (SSSR count). The molecule has 0 aromatic carbocycles. The maximum atomic E-state index is 12.9. The standard InChI is InChI=1S/C13H20N2O3S3/c1-10-9-19-12(8-14-11-2-3-11)13(10)21(17,18)15-4-6-20(16)7-5-15/h9,11,14H,2-8H2,1H3. The van der Waals surface area contributed by atoms with E-state index in [9.17, 15) is 12.6 Å². The fraction of sp³-hybridized carbons (Fsp3) is 0.692. The van der Waals surface area contributed by atoms with Crippen LogP contribution in [0.1, 0.15) is 23.3 Å². The van der Waals surface area contributed by atoms with E-state index in [2.05, 4.69) is 5.32 Å². The van der Waals surface area contributed by atoms with Gasteiger partial charge in [0.15, 0.2) is 0 Å². The summed E-state index contributed by atoms with van der Waals surface area (Å²) in [5.74, 6) is 0.885. The van der Waals surface area contributed by atoms with E-state index in [-0.39, 0.29) is 0 Å². The van der Waals surface area contributed by atoms with E-state index >= 15 is 0 Å². The Hall–Kier alpha value is -0.280. The van der Waals surface area contributed by atoms with Crippen molar-refractivity contribution in [3.8, 4) is 0 Å². The molecule has 21 heavy (non-hydrogen) atoms. The molecule has 1 aromatic rings. The van der Waals surface area contributed by atoms with Crippen LogP contribution in [0.3, 0.4) is 0 Å². The Morgan fingerprint density at radius 1 is 1.38 bits per heavy atom. The highest BCUT2D eigenvalue weighted by Crippen LogP contribution is 2.31. The van der Waals surface area contributed by atoms with Crippen molar-refractivity contribution < 1.29 is 12.6 Å². The molecule has 0 amide bonds. The lowest BCUT2D eigenvalue weighted by Gasteiger charge is -2.26. The topological polar surface area (TPSA) is 66.5 Å². The molecule has 8 heteroatoms. The fourth-order valence-corrected chi connectivity index (χ4v) is 6.91. The summed E-state index contributed by atoms with van der Waals surface area (Å²) in [6, 6.07) is 0.556. The largest absolute Gasteiger partial charge is 0.309 e. The van der Waals surface area contributed by atoms with Crippen LogP contribution in [0.4, 0.5) is 0 Å². The zero-order chi connectivity index (χ0) is 15.0. The molecule has 0 radical (unpaired) electrons. The Morgan fingerprint density at radius 2 is 2.05 bits per heavy atom. The molecular weight excluding hydrogens is 328 g/mol.